The molecule has 0 heterocycles. The van der Waals surface area contributed by atoms with Crippen molar-refractivity contribution in [3.8, 4) is 5.75 Å². The average molecular weight is 390 g/mol. The SMILES string of the molecule is COc1cc(Cl)c(C)cc1NC(=O)c1cccc(C(=O)NCCN(C)C)c1. The lowest BCUT2D eigenvalue weighted by Crippen LogP contribution is -2.31. The lowest BCUT2D eigenvalue weighted by Gasteiger charge is -2.13. The summed E-state index contributed by atoms with van der Waals surface area (Å²) in [7, 11) is 5.38. The molecule has 2 amide bonds. The van der Waals surface area contributed by atoms with Crippen molar-refractivity contribution >= 4 is 29.1 Å². The van der Waals surface area contributed by atoms with Crippen molar-refractivity contribution in [2.45, 2.75) is 6.92 Å². The maximum Gasteiger partial charge on any atom is 0.255 e. The second-order valence-electron chi connectivity index (χ2n) is 6.40. The Morgan fingerprint density at radius 2 is 1.78 bits per heavy atom. The molecule has 0 radical (unpaired) electrons. The van der Waals surface area contributed by atoms with E-state index in [9.17, 15) is 9.59 Å². The monoisotopic (exact) mass is 389 g/mol. The van der Waals surface area contributed by atoms with E-state index in [1.54, 1.807) is 36.4 Å². The Balaban J connectivity index is 2.14. The molecule has 0 unspecified atom stereocenters. The molecule has 0 aliphatic carbocycles. The van der Waals surface area contributed by atoms with Crippen LogP contribution in [0.2, 0.25) is 5.02 Å². The molecule has 0 saturated carbocycles. The molecule has 6 nitrogen and oxygen atoms in total. The smallest absolute Gasteiger partial charge is 0.255 e. The number of hydrogen-bond donors (Lipinski definition) is 2. The summed E-state index contributed by atoms with van der Waals surface area (Å²) in [6.45, 7) is 3.11. The number of carbonyl (C=O) groups excluding carboxylic acids is 2. The predicted octanol–water partition coefficient (Wildman–Crippen LogP) is 3.20. The molecule has 0 aromatic heterocycles. The summed E-state index contributed by atoms with van der Waals surface area (Å²) < 4.78 is 5.28. The highest BCUT2D eigenvalue weighted by Crippen LogP contribution is 2.31. The molecule has 144 valence electrons. The minimum absolute atomic E-state index is 0.216. The second-order valence-corrected chi connectivity index (χ2v) is 6.80. The van der Waals surface area contributed by atoms with Crippen LogP contribution in [0.3, 0.4) is 0 Å². The first-order chi connectivity index (χ1) is 12.8. The van der Waals surface area contributed by atoms with Gasteiger partial charge in [0.05, 0.1) is 12.8 Å². The lowest BCUT2D eigenvalue weighted by atomic mass is 10.1. The van der Waals surface area contributed by atoms with E-state index in [2.05, 4.69) is 10.6 Å². The molecule has 0 aliphatic heterocycles. The number of benzene rings is 2. The summed E-state index contributed by atoms with van der Waals surface area (Å²) in [6, 6.07) is 9.98. The van der Waals surface area contributed by atoms with E-state index in [1.165, 1.54) is 7.11 Å². The van der Waals surface area contributed by atoms with Crippen LogP contribution >= 0.6 is 11.6 Å². The van der Waals surface area contributed by atoms with Crippen LogP contribution in [0, 0.1) is 6.92 Å². The number of methoxy groups -OCH3 is 1. The average Bonchev–Trinajstić information content (AvgIpc) is 2.64. The first kappa shape index (κ1) is 20.7. The van der Waals surface area contributed by atoms with Crippen LogP contribution < -0.4 is 15.4 Å². The van der Waals surface area contributed by atoms with Gasteiger partial charge < -0.3 is 20.3 Å². The first-order valence-electron chi connectivity index (χ1n) is 8.50. The predicted molar refractivity (Wildman–Crippen MR) is 108 cm³/mol. The fourth-order valence-electron chi connectivity index (χ4n) is 2.42. The van der Waals surface area contributed by atoms with E-state index < -0.39 is 0 Å². The van der Waals surface area contributed by atoms with E-state index in [0.29, 0.717) is 34.1 Å². The number of ether oxygens (including phenoxy) is 1. The maximum atomic E-state index is 12.6. The molecule has 7 heteroatoms. The van der Waals surface area contributed by atoms with Gasteiger partial charge in [-0.25, -0.2) is 0 Å². The zero-order valence-corrected chi connectivity index (χ0v) is 16.7. The molecule has 0 fully saturated rings. The zero-order chi connectivity index (χ0) is 20.0. The van der Waals surface area contributed by atoms with Crippen molar-refractivity contribution < 1.29 is 14.3 Å². The quantitative estimate of drug-likeness (QED) is 0.762. The van der Waals surface area contributed by atoms with Crippen LogP contribution in [0.4, 0.5) is 5.69 Å². The minimum Gasteiger partial charge on any atom is -0.495 e. The molecule has 2 N–H and O–H groups in total. The number of nitrogens with one attached hydrogen (secondary N) is 2. The summed E-state index contributed by atoms with van der Waals surface area (Å²) in [4.78, 5) is 26.8. The van der Waals surface area contributed by atoms with Crippen LogP contribution in [0.15, 0.2) is 36.4 Å². The van der Waals surface area contributed by atoms with Crippen LogP contribution in [0.1, 0.15) is 26.3 Å². The topological polar surface area (TPSA) is 70.7 Å². The maximum absolute atomic E-state index is 12.6. The Bertz CT molecular complexity index is 837. The number of carbonyl (C=O) groups is 2. The third kappa shape index (κ3) is 5.70. The summed E-state index contributed by atoms with van der Waals surface area (Å²) in [5, 5.41) is 6.20. The highest BCUT2D eigenvalue weighted by molar-refractivity contribution is 6.31. The van der Waals surface area contributed by atoms with Crippen LogP contribution in [-0.2, 0) is 0 Å². The van der Waals surface area contributed by atoms with E-state index in [1.807, 2.05) is 25.9 Å². The molecule has 2 aromatic rings. The Labute approximate surface area is 164 Å². The zero-order valence-electron chi connectivity index (χ0n) is 15.9. The van der Waals surface area contributed by atoms with Gasteiger partial charge in [-0.1, -0.05) is 17.7 Å². The van der Waals surface area contributed by atoms with Gasteiger partial charge in [-0.05, 0) is 50.8 Å². The molecular formula is C20H24ClN3O3. The van der Waals surface area contributed by atoms with Crippen molar-refractivity contribution in [2.24, 2.45) is 0 Å². The first-order valence-corrected chi connectivity index (χ1v) is 8.88. The molecule has 2 rings (SSSR count). The third-order valence-electron chi connectivity index (χ3n) is 3.96. The van der Waals surface area contributed by atoms with Gasteiger partial charge in [-0.2, -0.15) is 0 Å². The van der Waals surface area contributed by atoms with Crippen molar-refractivity contribution in [1.29, 1.82) is 0 Å². The number of anilines is 1. The molecule has 0 atom stereocenters. The largest absolute Gasteiger partial charge is 0.495 e. The van der Waals surface area contributed by atoms with Crippen molar-refractivity contribution in [3.05, 3.63) is 58.1 Å². The molecule has 27 heavy (non-hydrogen) atoms. The number of halogens is 1. The number of nitrogens with zero attached hydrogens (tertiary/aromatic N) is 1. The highest BCUT2D eigenvalue weighted by Gasteiger charge is 2.14. The fourth-order valence-corrected chi connectivity index (χ4v) is 2.57. The van der Waals surface area contributed by atoms with Gasteiger partial charge in [0.25, 0.3) is 11.8 Å². The Kier molecular flexibility index (Phi) is 7.21. The van der Waals surface area contributed by atoms with Gasteiger partial charge in [-0.3, -0.25) is 9.59 Å². The van der Waals surface area contributed by atoms with Crippen molar-refractivity contribution in [2.75, 3.05) is 39.6 Å². The number of amides is 2. The minimum atomic E-state index is -0.335. The Hall–Kier alpha value is -2.57. The Morgan fingerprint density at radius 3 is 2.41 bits per heavy atom. The number of likely N-dealkylation sites (N-methyl/N-ethyl adjacent to an activating group) is 1. The van der Waals surface area contributed by atoms with E-state index in [0.717, 1.165) is 12.1 Å². The van der Waals surface area contributed by atoms with Gasteiger partial charge in [0, 0.05) is 35.3 Å². The standard InChI is InChI=1S/C20H24ClN3O3/c1-13-10-17(18(27-4)12-16(13)21)23-20(26)15-7-5-6-14(11-15)19(25)22-8-9-24(2)3/h5-7,10-12H,8-9H2,1-4H3,(H,22,25)(H,23,26). The van der Waals surface area contributed by atoms with E-state index in [-0.39, 0.29) is 11.8 Å². The molecule has 0 saturated heterocycles. The van der Waals surface area contributed by atoms with Crippen LogP contribution in [0.5, 0.6) is 5.75 Å². The summed E-state index contributed by atoms with van der Waals surface area (Å²) in [6.07, 6.45) is 0. The number of rotatable bonds is 7. The molecule has 2 aromatic carbocycles. The van der Waals surface area contributed by atoms with Crippen molar-refractivity contribution in [3.63, 3.8) is 0 Å². The van der Waals surface area contributed by atoms with Gasteiger partial charge in [0.1, 0.15) is 5.75 Å². The van der Waals surface area contributed by atoms with Crippen LogP contribution in [0.25, 0.3) is 0 Å². The van der Waals surface area contributed by atoms with Crippen molar-refractivity contribution in [1.82, 2.24) is 10.2 Å². The summed E-state index contributed by atoms with van der Waals surface area (Å²) in [5.41, 5.74) is 2.15. The summed E-state index contributed by atoms with van der Waals surface area (Å²) in [5.74, 6) is -0.0825. The van der Waals surface area contributed by atoms with E-state index >= 15 is 0 Å². The fraction of sp³-hybridized carbons (Fsp3) is 0.300. The molecule has 0 spiro atoms. The van der Waals surface area contributed by atoms with Crippen LogP contribution in [-0.4, -0.2) is 51.0 Å². The van der Waals surface area contributed by atoms with Gasteiger partial charge in [0.15, 0.2) is 0 Å². The lowest BCUT2D eigenvalue weighted by molar-refractivity contribution is 0.0951. The van der Waals surface area contributed by atoms with Gasteiger partial charge >= 0.3 is 0 Å². The highest BCUT2D eigenvalue weighted by atomic mass is 35.5. The second kappa shape index (κ2) is 9.39. The van der Waals surface area contributed by atoms with Gasteiger partial charge in [0.2, 0.25) is 0 Å². The number of aryl methyl sites for hydroxylation is 1. The Morgan fingerprint density at radius 1 is 1.11 bits per heavy atom. The van der Waals surface area contributed by atoms with Gasteiger partial charge in [-0.15, -0.1) is 0 Å². The normalized spacial score (nSPS) is 10.6. The molecule has 0 aliphatic rings. The van der Waals surface area contributed by atoms with E-state index in [4.69, 9.17) is 16.3 Å². The molecule has 0 bridgehead atoms. The summed E-state index contributed by atoms with van der Waals surface area (Å²) >= 11 is 6.09. The number of hydrogen-bond acceptors (Lipinski definition) is 4. The molecular weight excluding hydrogens is 366 g/mol. The third-order valence-corrected chi connectivity index (χ3v) is 4.37.